The Labute approximate surface area is 167 Å². The van der Waals surface area contributed by atoms with Gasteiger partial charge in [-0.3, -0.25) is 4.79 Å². The molecule has 2 N–H and O–H groups in total. The van der Waals surface area contributed by atoms with Crippen LogP contribution in [0.3, 0.4) is 0 Å². The van der Waals surface area contributed by atoms with E-state index in [0.29, 0.717) is 18.2 Å². The molecule has 0 unspecified atom stereocenters. The molecule has 0 saturated heterocycles. The molecule has 152 valence electrons. The van der Waals surface area contributed by atoms with Crippen LogP contribution in [0, 0.1) is 5.92 Å². The fraction of sp³-hybridized carbons (Fsp3) is 0.381. The molecule has 0 radical (unpaired) electrons. The minimum absolute atomic E-state index is 0.0846. The molecule has 0 spiro atoms. The topological polar surface area (TPSA) is 84.5 Å². The Kier molecular flexibility index (Phi) is 8.02. The van der Waals surface area contributed by atoms with Crippen LogP contribution < -0.4 is 14.8 Å². The van der Waals surface area contributed by atoms with Gasteiger partial charge in [-0.25, -0.2) is 8.42 Å². The van der Waals surface area contributed by atoms with E-state index in [1.807, 2.05) is 30.3 Å². The molecule has 2 aromatic carbocycles. The number of hydrogen-bond donors (Lipinski definition) is 2. The molecular formula is C21H28N2O4S. The first-order valence-corrected chi connectivity index (χ1v) is 10.8. The van der Waals surface area contributed by atoms with Gasteiger partial charge in [-0.1, -0.05) is 44.2 Å². The number of ether oxygens (including phenoxy) is 1. The minimum atomic E-state index is -3.86. The van der Waals surface area contributed by atoms with Gasteiger partial charge >= 0.3 is 0 Å². The Balaban J connectivity index is 2.17. The third-order valence-corrected chi connectivity index (χ3v) is 5.77. The quantitative estimate of drug-likeness (QED) is 0.638. The SMILES string of the molecule is COc1ccc(S(=O)(=O)N[C@H](Cc2ccccc2)C(=O)NCCC(C)C)cc1. The van der Waals surface area contributed by atoms with Crippen molar-refractivity contribution in [3.8, 4) is 5.75 Å². The summed E-state index contributed by atoms with van der Waals surface area (Å²) in [6.07, 6.45) is 1.10. The molecule has 1 amide bonds. The molecule has 0 aromatic heterocycles. The number of carbonyl (C=O) groups is 1. The smallest absolute Gasteiger partial charge is 0.241 e. The monoisotopic (exact) mass is 404 g/mol. The molecule has 0 aliphatic carbocycles. The van der Waals surface area contributed by atoms with Crippen molar-refractivity contribution in [2.24, 2.45) is 5.92 Å². The van der Waals surface area contributed by atoms with E-state index >= 15 is 0 Å². The van der Waals surface area contributed by atoms with Gasteiger partial charge < -0.3 is 10.1 Å². The molecule has 0 saturated carbocycles. The number of hydrogen-bond acceptors (Lipinski definition) is 4. The fourth-order valence-electron chi connectivity index (χ4n) is 2.66. The van der Waals surface area contributed by atoms with Crippen LogP contribution in [0.25, 0.3) is 0 Å². The second-order valence-electron chi connectivity index (χ2n) is 7.01. The normalized spacial score (nSPS) is 12.6. The van der Waals surface area contributed by atoms with Crippen molar-refractivity contribution >= 4 is 15.9 Å². The summed E-state index contributed by atoms with van der Waals surface area (Å²) in [5.74, 6) is 0.677. The third-order valence-electron chi connectivity index (χ3n) is 4.29. The van der Waals surface area contributed by atoms with Crippen molar-refractivity contribution in [2.45, 2.75) is 37.6 Å². The predicted molar refractivity (Wildman–Crippen MR) is 110 cm³/mol. The Bertz CT molecular complexity index is 850. The number of methoxy groups -OCH3 is 1. The van der Waals surface area contributed by atoms with E-state index in [9.17, 15) is 13.2 Å². The van der Waals surface area contributed by atoms with Gasteiger partial charge in [0.25, 0.3) is 0 Å². The summed E-state index contributed by atoms with van der Waals surface area (Å²) in [4.78, 5) is 12.8. The van der Waals surface area contributed by atoms with Crippen LogP contribution in [-0.4, -0.2) is 34.0 Å². The summed E-state index contributed by atoms with van der Waals surface area (Å²) < 4.78 is 33.2. The van der Waals surface area contributed by atoms with Gasteiger partial charge in [0.15, 0.2) is 0 Å². The molecule has 0 fully saturated rings. The maximum atomic E-state index is 12.8. The number of nitrogens with one attached hydrogen (secondary N) is 2. The van der Waals surface area contributed by atoms with E-state index in [0.717, 1.165) is 12.0 Å². The zero-order chi connectivity index (χ0) is 20.6. The highest BCUT2D eigenvalue weighted by Gasteiger charge is 2.26. The van der Waals surface area contributed by atoms with Crippen LogP contribution in [0.2, 0.25) is 0 Å². The summed E-state index contributed by atoms with van der Waals surface area (Å²) >= 11 is 0. The van der Waals surface area contributed by atoms with Crippen LogP contribution in [0.1, 0.15) is 25.8 Å². The zero-order valence-corrected chi connectivity index (χ0v) is 17.3. The van der Waals surface area contributed by atoms with E-state index in [1.165, 1.54) is 19.2 Å². The number of sulfonamides is 1. The molecule has 0 aliphatic heterocycles. The van der Waals surface area contributed by atoms with E-state index in [-0.39, 0.29) is 17.2 Å². The molecule has 28 heavy (non-hydrogen) atoms. The molecule has 6 nitrogen and oxygen atoms in total. The highest BCUT2D eigenvalue weighted by molar-refractivity contribution is 7.89. The molecule has 0 heterocycles. The third kappa shape index (κ3) is 6.65. The lowest BCUT2D eigenvalue weighted by Gasteiger charge is -2.19. The maximum absolute atomic E-state index is 12.8. The van der Waals surface area contributed by atoms with Crippen molar-refractivity contribution in [2.75, 3.05) is 13.7 Å². The number of amides is 1. The lowest BCUT2D eigenvalue weighted by atomic mass is 10.1. The molecule has 7 heteroatoms. The summed E-state index contributed by atoms with van der Waals surface area (Å²) in [5, 5.41) is 2.84. The average molecular weight is 405 g/mol. The Morgan fingerprint density at radius 2 is 1.68 bits per heavy atom. The van der Waals surface area contributed by atoms with Gasteiger partial charge in [0, 0.05) is 6.54 Å². The maximum Gasteiger partial charge on any atom is 0.241 e. The molecule has 2 aromatic rings. The van der Waals surface area contributed by atoms with Gasteiger partial charge in [0.05, 0.1) is 12.0 Å². The largest absolute Gasteiger partial charge is 0.497 e. The summed E-state index contributed by atoms with van der Waals surface area (Å²) in [6, 6.07) is 14.5. The standard InChI is InChI=1S/C21H28N2O4S/c1-16(2)13-14-22-21(24)20(15-17-7-5-4-6-8-17)23-28(25,26)19-11-9-18(27-3)10-12-19/h4-12,16,20,23H,13-15H2,1-3H3,(H,22,24)/t20-/m1/s1. The number of rotatable bonds is 10. The Hall–Kier alpha value is -2.38. The van der Waals surface area contributed by atoms with E-state index in [1.54, 1.807) is 12.1 Å². The van der Waals surface area contributed by atoms with Crippen LogP contribution in [0.4, 0.5) is 0 Å². The van der Waals surface area contributed by atoms with Crippen molar-refractivity contribution in [1.82, 2.24) is 10.0 Å². The predicted octanol–water partition coefficient (Wildman–Crippen LogP) is 2.75. The fourth-order valence-corrected chi connectivity index (χ4v) is 3.85. The van der Waals surface area contributed by atoms with Crippen molar-refractivity contribution < 1.29 is 17.9 Å². The van der Waals surface area contributed by atoms with E-state index in [2.05, 4.69) is 23.9 Å². The Morgan fingerprint density at radius 3 is 2.25 bits per heavy atom. The molecule has 2 rings (SSSR count). The van der Waals surface area contributed by atoms with Crippen molar-refractivity contribution in [1.29, 1.82) is 0 Å². The first-order chi connectivity index (χ1) is 13.3. The van der Waals surface area contributed by atoms with Gasteiger partial charge in [-0.2, -0.15) is 4.72 Å². The summed E-state index contributed by atoms with van der Waals surface area (Å²) in [6.45, 7) is 4.64. The second-order valence-corrected chi connectivity index (χ2v) is 8.73. The summed E-state index contributed by atoms with van der Waals surface area (Å²) in [5.41, 5.74) is 0.879. The first kappa shape index (κ1) is 21.9. The molecule has 0 bridgehead atoms. The Morgan fingerprint density at radius 1 is 1.04 bits per heavy atom. The average Bonchev–Trinajstić information content (AvgIpc) is 2.68. The van der Waals surface area contributed by atoms with Gasteiger partial charge in [-0.05, 0) is 48.6 Å². The van der Waals surface area contributed by atoms with Gasteiger partial charge in [-0.15, -0.1) is 0 Å². The lowest BCUT2D eigenvalue weighted by Crippen LogP contribution is -2.48. The van der Waals surface area contributed by atoms with Gasteiger partial charge in [0.2, 0.25) is 15.9 Å². The van der Waals surface area contributed by atoms with Crippen molar-refractivity contribution in [3.63, 3.8) is 0 Å². The van der Waals surface area contributed by atoms with Crippen LogP contribution in [0.15, 0.2) is 59.5 Å². The van der Waals surface area contributed by atoms with Crippen LogP contribution in [-0.2, 0) is 21.2 Å². The number of benzene rings is 2. The minimum Gasteiger partial charge on any atom is -0.497 e. The zero-order valence-electron chi connectivity index (χ0n) is 16.5. The molecule has 1 atom stereocenters. The van der Waals surface area contributed by atoms with E-state index in [4.69, 9.17) is 4.74 Å². The summed E-state index contributed by atoms with van der Waals surface area (Å²) in [7, 11) is -2.34. The van der Waals surface area contributed by atoms with E-state index < -0.39 is 16.1 Å². The number of carbonyl (C=O) groups excluding carboxylic acids is 1. The molecule has 0 aliphatic rings. The van der Waals surface area contributed by atoms with Crippen molar-refractivity contribution in [3.05, 3.63) is 60.2 Å². The highest BCUT2D eigenvalue weighted by atomic mass is 32.2. The lowest BCUT2D eigenvalue weighted by molar-refractivity contribution is -0.122. The second kappa shape index (κ2) is 10.2. The highest BCUT2D eigenvalue weighted by Crippen LogP contribution is 2.16. The van der Waals surface area contributed by atoms with Crippen LogP contribution in [0.5, 0.6) is 5.75 Å². The van der Waals surface area contributed by atoms with Gasteiger partial charge in [0.1, 0.15) is 11.8 Å². The molecular weight excluding hydrogens is 376 g/mol. The first-order valence-electron chi connectivity index (χ1n) is 9.30. The van der Waals surface area contributed by atoms with Crippen LogP contribution >= 0.6 is 0 Å².